The number of carbonyl (C=O) groups is 1. The molecule has 1 saturated carbocycles. The van der Waals surface area contributed by atoms with E-state index in [1.165, 1.54) is 12.8 Å². The van der Waals surface area contributed by atoms with Crippen LogP contribution >= 0.6 is 0 Å². The largest absolute Gasteiger partial charge is 0.352 e. The van der Waals surface area contributed by atoms with Gasteiger partial charge in [-0.05, 0) is 40.2 Å². The summed E-state index contributed by atoms with van der Waals surface area (Å²) in [5.74, 6) is 0.157. The minimum Gasteiger partial charge on any atom is -0.352 e. The molecule has 2 unspecified atom stereocenters. The molecule has 0 aromatic carbocycles. The second-order valence-electron chi connectivity index (χ2n) is 5.41. The van der Waals surface area contributed by atoms with Gasteiger partial charge in [-0.3, -0.25) is 9.69 Å². The van der Waals surface area contributed by atoms with Crippen LogP contribution < -0.4 is 11.1 Å². The summed E-state index contributed by atoms with van der Waals surface area (Å²) in [6, 6.07) is 0.545. The van der Waals surface area contributed by atoms with Crippen LogP contribution in [0, 0.1) is 0 Å². The quantitative estimate of drug-likeness (QED) is 0.732. The first-order valence-corrected chi connectivity index (χ1v) is 6.77. The van der Waals surface area contributed by atoms with Gasteiger partial charge in [-0.15, -0.1) is 0 Å². The van der Waals surface area contributed by atoms with Gasteiger partial charge in [0.2, 0.25) is 5.91 Å². The van der Waals surface area contributed by atoms with Crippen molar-refractivity contribution in [2.45, 2.75) is 64.1 Å². The molecule has 3 N–H and O–H groups in total. The third-order valence-corrected chi connectivity index (χ3v) is 3.68. The van der Waals surface area contributed by atoms with E-state index in [2.05, 4.69) is 10.2 Å². The van der Waals surface area contributed by atoms with Gasteiger partial charge in [0.25, 0.3) is 0 Å². The molecule has 0 heterocycles. The van der Waals surface area contributed by atoms with E-state index in [0.29, 0.717) is 6.04 Å². The van der Waals surface area contributed by atoms with E-state index < -0.39 is 0 Å². The predicted octanol–water partition coefficient (Wildman–Crippen LogP) is 1.10. The maximum Gasteiger partial charge on any atom is 0.237 e. The van der Waals surface area contributed by atoms with Crippen molar-refractivity contribution < 1.29 is 4.79 Å². The lowest BCUT2D eigenvalue weighted by molar-refractivity contribution is -0.126. The first kappa shape index (κ1) is 14.5. The highest BCUT2D eigenvalue weighted by Gasteiger charge is 2.22. The van der Waals surface area contributed by atoms with Gasteiger partial charge >= 0.3 is 0 Å². The van der Waals surface area contributed by atoms with Crippen molar-refractivity contribution in [1.82, 2.24) is 10.2 Å². The number of hydrogen-bond donors (Lipinski definition) is 2. The summed E-state index contributed by atoms with van der Waals surface area (Å²) >= 11 is 0. The Morgan fingerprint density at radius 1 is 1.41 bits per heavy atom. The molecule has 1 amide bonds. The van der Waals surface area contributed by atoms with Crippen LogP contribution in [0.3, 0.4) is 0 Å². The molecule has 1 aliphatic rings. The first-order valence-electron chi connectivity index (χ1n) is 6.77. The summed E-state index contributed by atoms with van der Waals surface area (Å²) in [5.41, 5.74) is 5.72. The second kappa shape index (κ2) is 6.97. The van der Waals surface area contributed by atoms with Gasteiger partial charge in [0, 0.05) is 18.6 Å². The summed E-state index contributed by atoms with van der Waals surface area (Å²) in [6.45, 7) is 4.83. The second-order valence-corrected chi connectivity index (χ2v) is 5.41. The van der Waals surface area contributed by atoms with Crippen molar-refractivity contribution in [2.75, 3.05) is 13.6 Å². The highest BCUT2D eigenvalue weighted by Crippen LogP contribution is 2.17. The topological polar surface area (TPSA) is 58.4 Å². The fourth-order valence-electron chi connectivity index (χ4n) is 2.19. The zero-order valence-electron chi connectivity index (χ0n) is 11.4. The van der Waals surface area contributed by atoms with Gasteiger partial charge in [0.15, 0.2) is 0 Å². The van der Waals surface area contributed by atoms with Crippen molar-refractivity contribution in [1.29, 1.82) is 0 Å². The molecule has 0 aromatic heterocycles. The van der Waals surface area contributed by atoms with Crippen LogP contribution in [0.1, 0.15) is 46.0 Å². The van der Waals surface area contributed by atoms with Crippen LogP contribution in [0.25, 0.3) is 0 Å². The molecule has 17 heavy (non-hydrogen) atoms. The molecule has 100 valence electrons. The van der Waals surface area contributed by atoms with E-state index in [1.807, 2.05) is 20.9 Å². The molecule has 4 nitrogen and oxygen atoms in total. The van der Waals surface area contributed by atoms with Crippen molar-refractivity contribution in [3.8, 4) is 0 Å². The summed E-state index contributed by atoms with van der Waals surface area (Å²) in [6.07, 6.45) is 5.71. The highest BCUT2D eigenvalue weighted by molar-refractivity contribution is 5.81. The standard InChI is InChI=1S/C13H27N3O/c1-10(14)8-9-16(3)11(2)13(17)15-12-6-4-5-7-12/h10-12H,4-9,14H2,1-3H3,(H,15,17). The van der Waals surface area contributed by atoms with E-state index in [0.717, 1.165) is 25.8 Å². The number of carbonyl (C=O) groups excluding carboxylic acids is 1. The molecule has 1 fully saturated rings. The Kier molecular flexibility index (Phi) is 5.92. The van der Waals surface area contributed by atoms with E-state index in [-0.39, 0.29) is 18.0 Å². The third kappa shape index (κ3) is 5.04. The SMILES string of the molecule is CC(N)CCN(C)C(C)C(=O)NC1CCCC1. The van der Waals surface area contributed by atoms with Crippen LogP contribution in [-0.4, -0.2) is 42.5 Å². The molecule has 1 aliphatic carbocycles. The maximum absolute atomic E-state index is 12.0. The van der Waals surface area contributed by atoms with Gasteiger partial charge in [0.05, 0.1) is 6.04 Å². The first-order chi connectivity index (χ1) is 8.00. The molecule has 2 atom stereocenters. The van der Waals surface area contributed by atoms with E-state index in [4.69, 9.17) is 5.73 Å². The molecule has 0 aliphatic heterocycles. The zero-order chi connectivity index (χ0) is 12.8. The fourth-order valence-corrected chi connectivity index (χ4v) is 2.19. The number of hydrogen-bond acceptors (Lipinski definition) is 3. The third-order valence-electron chi connectivity index (χ3n) is 3.68. The number of rotatable bonds is 6. The van der Waals surface area contributed by atoms with Crippen LogP contribution in [0.5, 0.6) is 0 Å². The van der Waals surface area contributed by atoms with Crippen molar-refractivity contribution >= 4 is 5.91 Å². The van der Waals surface area contributed by atoms with Gasteiger partial charge in [0.1, 0.15) is 0 Å². The number of nitrogens with one attached hydrogen (secondary N) is 1. The Bertz CT molecular complexity index is 237. The molecule has 0 aromatic rings. The number of likely N-dealkylation sites (N-methyl/N-ethyl adjacent to an activating group) is 1. The summed E-state index contributed by atoms with van der Waals surface area (Å²) < 4.78 is 0. The Hall–Kier alpha value is -0.610. The molecule has 4 heteroatoms. The average molecular weight is 241 g/mol. The number of nitrogens with zero attached hydrogens (tertiary/aromatic N) is 1. The predicted molar refractivity (Wildman–Crippen MR) is 70.8 cm³/mol. The van der Waals surface area contributed by atoms with Crippen molar-refractivity contribution in [3.05, 3.63) is 0 Å². The van der Waals surface area contributed by atoms with Gasteiger partial charge in [-0.1, -0.05) is 12.8 Å². The molecular formula is C13H27N3O. The lowest BCUT2D eigenvalue weighted by atomic mass is 10.2. The summed E-state index contributed by atoms with van der Waals surface area (Å²) in [5, 5.41) is 3.14. The molecule has 0 radical (unpaired) electrons. The van der Waals surface area contributed by atoms with Crippen LogP contribution in [0.4, 0.5) is 0 Å². The summed E-state index contributed by atoms with van der Waals surface area (Å²) in [4.78, 5) is 14.1. The average Bonchev–Trinajstić information content (AvgIpc) is 2.77. The van der Waals surface area contributed by atoms with Crippen molar-refractivity contribution in [2.24, 2.45) is 5.73 Å². The Morgan fingerprint density at radius 2 is 2.00 bits per heavy atom. The minimum atomic E-state index is -0.0608. The maximum atomic E-state index is 12.0. The number of nitrogens with two attached hydrogens (primary N) is 1. The lowest BCUT2D eigenvalue weighted by Crippen LogP contribution is -2.47. The zero-order valence-corrected chi connectivity index (χ0v) is 11.4. The Balaban J connectivity index is 2.28. The number of amides is 1. The molecule has 0 bridgehead atoms. The van der Waals surface area contributed by atoms with Gasteiger partial charge in [-0.2, -0.15) is 0 Å². The van der Waals surface area contributed by atoms with Gasteiger partial charge < -0.3 is 11.1 Å². The van der Waals surface area contributed by atoms with Crippen LogP contribution in [0.2, 0.25) is 0 Å². The van der Waals surface area contributed by atoms with E-state index in [9.17, 15) is 4.79 Å². The minimum absolute atomic E-state index is 0.0608. The summed E-state index contributed by atoms with van der Waals surface area (Å²) in [7, 11) is 1.99. The van der Waals surface area contributed by atoms with Crippen molar-refractivity contribution in [3.63, 3.8) is 0 Å². The van der Waals surface area contributed by atoms with Crippen LogP contribution in [-0.2, 0) is 4.79 Å². The van der Waals surface area contributed by atoms with Crippen LogP contribution in [0.15, 0.2) is 0 Å². The van der Waals surface area contributed by atoms with Gasteiger partial charge in [-0.25, -0.2) is 0 Å². The lowest BCUT2D eigenvalue weighted by Gasteiger charge is -2.26. The molecule has 1 rings (SSSR count). The highest BCUT2D eigenvalue weighted by atomic mass is 16.2. The Labute approximate surface area is 105 Å². The molecule has 0 saturated heterocycles. The monoisotopic (exact) mass is 241 g/mol. The smallest absolute Gasteiger partial charge is 0.237 e. The fraction of sp³-hybridized carbons (Fsp3) is 0.923. The molecular weight excluding hydrogens is 214 g/mol. The van der Waals surface area contributed by atoms with E-state index >= 15 is 0 Å². The van der Waals surface area contributed by atoms with E-state index in [1.54, 1.807) is 0 Å². The molecule has 0 spiro atoms. The Morgan fingerprint density at radius 3 is 2.53 bits per heavy atom. The normalized spacial score (nSPS) is 20.5.